The zero-order chi connectivity index (χ0) is 12.2. The van der Waals surface area contributed by atoms with Crippen LogP contribution in [-0.4, -0.2) is 17.0 Å². The summed E-state index contributed by atoms with van der Waals surface area (Å²) >= 11 is 7.39. The number of hydrogen-bond acceptors (Lipinski definition) is 3. The SMILES string of the molecule is CCNC(CSC(C)(C)C)c1cscc1Br. The predicted octanol–water partition coefficient (Wildman–Crippen LogP) is 4.69. The van der Waals surface area contributed by atoms with Gasteiger partial charge in [-0.3, -0.25) is 0 Å². The molecule has 92 valence electrons. The van der Waals surface area contributed by atoms with Crippen LogP contribution in [0.15, 0.2) is 15.2 Å². The van der Waals surface area contributed by atoms with E-state index in [1.165, 1.54) is 10.0 Å². The smallest absolute Gasteiger partial charge is 0.0431 e. The summed E-state index contributed by atoms with van der Waals surface area (Å²) in [4.78, 5) is 0. The van der Waals surface area contributed by atoms with Gasteiger partial charge in [-0.2, -0.15) is 23.1 Å². The quantitative estimate of drug-likeness (QED) is 0.844. The molecule has 1 unspecified atom stereocenters. The average molecular weight is 322 g/mol. The molecule has 1 N–H and O–H groups in total. The van der Waals surface area contributed by atoms with E-state index in [9.17, 15) is 0 Å². The fourth-order valence-electron chi connectivity index (χ4n) is 1.38. The fourth-order valence-corrected chi connectivity index (χ4v) is 3.97. The van der Waals surface area contributed by atoms with Crippen molar-refractivity contribution >= 4 is 39.0 Å². The predicted molar refractivity (Wildman–Crippen MR) is 80.6 cm³/mol. The van der Waals surface area contributed by atoms with E-state index in [0.717, 1.165) is 12.3 Å². The normalized spacial score (nSPS) is 14.1. The van der Waals surface area contributed by atoms with Crippen molar-refractivity contribution in [3.63, 3.8) is 0 Å². The number of rotatable bonds is 5. The minimum Gasteiger partial charge on any atom is -0.309 e. The Morgan fingerprint density at radius 1 is 1.44 bits per heavy atom. The van der Waals surface area contributed by atoms with Gasteiger partial charge in [0.25, 0.3) is 0 Å². The second-order valence-corrected chi connectivity index (χ2v) is 8.15. The zero-order valence-corrected chi connectivity index (χ0v) is 13.6. The molecule has 0 amide bonds. The van der Waals surface area contributed by atoms with Gasteiger partial charge >= 0.3 is 0 Å². The van der Waals surface area contributed by atoms with E-state index in [2.05, 4.69) is 59.7 Å². The van der Waals surface area contributed by atoms with Gasteiger partial charge in [0.15, 0.2) is 0 Å². The molecule has 0 aliphatic heterocycles. The third-order valence-electron chi connectivity index (χ3n) is 2.15. The molecule has 0 aliphatic rings. The Morgan fingerprint density at radius 2 is 2.12 bits per heavy atom. The van der Waals surface area contributed by atoms with Gasteiger partial charge in [0, 0.05) is 26.4 Å². The first-order chi connectivity index (χ1) is 7.44. The third kappa shape index (κ3) is 4.78. The molecule has 1 atom stereocenters. The fraction of sp³-hybridized carbons (Fsp3) is 0.667. The highest BCUT2D eigenvalue weighted by atomic mass is 79.9. The number of halogens is 1. The number of thiophene rings is 1. The lowest BCUT2D eigenvalue weighted by molar-refractivity contribution is 0.603. The molecule has 0 saturated carbocycles. The van der Waals surface area contributed by atoms with E-state index >= 15 is 0 Å². The molecule has 0 radical (unpaired) electrons. The van der Waals surface area contributed by atoms with E-state index in [1.807, 2.05) is 11.8 Å². The highest BCUT2D eigenvalue weighted by molar-refractivity contribution is 9.10. The molecule has 0 aromatic carbocycles. The van der Waals surface area contributed by atoms with Crippen LogP contribution in [0.2, 0.25) is 0 Å². The summed E-state index contributed by atoms with van der Waals surface area (Å²) in [6, 6.07) is 0.454. The maximum Gasteiger partial charge on any atom is 0.0431 e. The Balaban J connectivity index is 2.65. The van der Waals surface area contributed by atoms with Crippen molar-refractivity contribution in [2.24, 2.45) is 0 Å². The van der Waals surface area contributed by atoms with Crippen LogP contribution in [0, 0.1) is 0 Å². The molecule has 0 fully saturated rings. The lowest BCUT2D eigenvalue weighted by Gasteiger charge is -2.23. The molecule has 1 aromatic rings. The van der Waals surface area contributed by atoms with Gasteiger partial charge in [0.1, 0.15) is 0 Å². The Labute approximate surface area is 116 Å². The second-order valence-electron chi connectivity index (χ2n) is 4.71. The average Bonchev–Trinajstić information content (AvgIpc) is 2.57. The monoisotopic (exact) mass is 321 g/mol. The van der Waals surface area contributed by atoms with E-state index in [1.54, 1.807) is 11.3 Å². The summed E-state index contributed by atoms with van der Waals surface area (Å²) in [5, 5.41) is 7.95. The van der Waals surface area contributed by atoms with Crippen LogP contribution in [0.5, 0.6) is 0 Å². The minimum atomic E-state index is 0.330. The standard InChI is InChI=1S/C12H20BrNS2/c1-5-14-11(8-16-12(2,3)4)9-6-15-7-10(9)13/h6-7,11,14H,5,8H2,1-4H3. The molecule has 0 bridgehead atoms. The van der Waals surface area contributed by atoms with Crippen molar-refractivity contribution in [1.29, 1.82) is 0 Å². The highest BCUT2D eigenvalue weighted by Crippen LogP contribution is 2.33. The molecule has 1 aromatic heterocycles. The van der Waals surface area contributed by atoms with Crippen LogP contribution in [0.25, 0.3) is 0 Å². The summed E-state index contributed by atoms with van der Waals surface area (Å²) in [7, 11) is 0. The van der Waals surface area contributed by atoms with Crippen molar-refractivity contribution < 1.29 is 0 Å². The van der Waals surface area contributed by atoms with Crippen molar-refractivity contribution in [2.75, 3.05) is 12.3 Å². The summed E-state index contributed by atoms with van der Waals surface area (Å²) in [5.41, 5.74) is 1.39. The number of nitrogens with one attached hydrogen (secondary N) is 1. The topological polar surface area (TPSA) is 12.0 Å². The lowest BCUT2D eigenvalue weighted by atomic mass is 10.2. The lowest BCUT2D eigenvalue weighted by Crippen LogP contribution is -2.24. The van der Waals surface area contributed by atoms with Crippen LogP contribution in [0.4, 0.5) is 0 Å². The van der Waals surface area contributed by atoms with Gasteiger partial charge in [-0.1, -0.05) is 27.7 Å². The Morgan fingerprint density at radius 3 is 2.56 bits per heavy atom. The molecule has 1 heterocycles. The summed E-state index contributed by atoms with van der Waals surface area (Å²) in [5.74, 6) is 1.12. The first-order valence-corrected chi connectivity index (χ1v) is 8.25. The maximum atomic E-state index is 3.62. The molecule has 4 heteroatoms. The van der Waals surface area contributed by atoms with Crippen molar-refractivity contribution in [3.05, 3.63) is 20.8 Å². The molecule has 16 heavy (non-hydrogen) atoms. The molecule has 0 spiro atoms. The van der Waals surface area contributed by atoms with Crippen LogP contribution in [0.1, 0.15) is 39.3 Å². The van der Waals surface area contributed by atoms with Gasteiger partial charge in [0.2, 0.25) is 0 Å². The largest absolute Gasteiger partial charge is 0.309 e. The first kappa shape index (κ1) is 14.6. The van der Waals surface area contributed by atoms with E-state index < -0.39 is 0 Å². The third-order valence-corrected chi connectivity index (χ3v) is 5.27. The van der Waals surface area contributed by atoms with Crippen LogP contribution >= 0.6 is 39.0 Å². The molecule has 0 aliphatic carbocycles. The molecular weight excluding hydrogens is 302 g/mol. The van der Waals surface area contributed by atoms with Crippen LogP contribution in [0.3, 0.4) is 0 Å². The Kier molecular flexibility index (Phi) is 5.85. The number of hydrogen-bond donors (Lipinski definition) is 1. The molecule has 1 nitrogen and oxygen atoms in total. The maximum absolute atomic E-state index is 3.62. The zero-order valence-electron chi connectivity index (χ0n) is 10.3. The molecule has 0 saturated heterocycles. The highest BCUT2D eigenvalue weighted by Gasteiger charge is 2.18. The van der Waals surface area contributed by atoms with E-state index in [-0.39, 0.29) is 0 Å². The van der Waals surface area contributed by atoms with Crippen molar-refractivity contribution in [2.45, 2.75) is 38.5 Å². The summed E-state index contributed by atoms with van der Waals surface area (Å²) in [6.07, 6.45) is 0. The Bertz CT molecular complexity index is 317. The molecular formula is C12H20BrNS2. The van der Waals surface area contributed by atoms with Gasteiger partial charge in [0.05, 0.1) is 0 Å². The van der Waals surface area contributed by atoms with E-state index in [0.29, 0.717) is 10.8 Å². The summed E-state index contributed by atoms with van der Waals surface area (Å²) in [6.45, 7) is 9.97. The van der Waals surface area contributed by atoms with Crippen LogP contribution in [-0.2, 0) is 0 Å². The van der Waals surface area contributed by atoms with Gasteiger partial charge in [-0.05, 0) is 33.4 Å². The van der Waals surface area contributed by atoms with Crippen LogP contribution < -0.4 is 5.32 Å². The molecule has 1 rings (SSSR count). The van der Waals surface area contributed by atoms with E-state index in [4.69, 9.17) is 0 Å². The van der Waals surface area contributed by atoms with Gasteiger partial charge in [-0.15, -0.1) is 0 Å². The van der Waals surface area contributed by atoms with Crippen molar-refractivity contribution in [1.82, 2.24) is 5.32 Å². The van der Waals surface area contributed by atoms with Gasteiger partial charge < -0.3 is 5.32 Å². The first-order valence-electron chi connectivity index (χ1n) is 5.53. The second kappa shape index (κ2) is 6.43. The summed E-state index contributed by atoms with van der Waals surface area (Å²) < 4.78 is 1.56. The van der Waals surface area contributed by atoms with Gasteiger partial charge in [-0.25, -0.2) is 0 Å². The Hall–Kier alpha value is 0.490. The minimum absolute atomic E-state index is 0.330. The van der Waals surface area contributed by atoms with Crippen molar-refractivity contribution in [3.8, 4) is 0 Å². The number of thioether (sulfide) groups is 1.